The molecule has 1 aromatic carbocycles. The quantitative estimate of drug-likeness (QED) is 0.549. The minimum atomic E-state index is -0.703. The molecule has 3 rings (SSSR count). The van der Waals surface area contributed by atoms with Gasteiger partial charge in [-0.05, 0) is 29.6 Å². The van der Waals surface area contributed by atoms with E-state index in [4.69, 9.17) is 27.8 Å². The van der Waals surface area contributed by atoms with Gasteiger partial charge in [-0.3, -0.25) is 4.79 Å². The third-order valence-corrected chi connectivity index (χ3v) is 4.35. The largest absolute Gasteiger partial charge is 0.454 e. The molecule has 0 saturated heterocycles. The number of ether oxygens (including phenoxy) is 1. The zero-order chi connectivity index (χ0) is 19.4. The summed E-state index contributed by atoms with van der Waals surface area (Å²) in [6.45, 7) is -0.267. The van der Waals surface area contributed by atoms with Crippen molar-refractivity contribution in [3.63, 3.8) is 0 Å². The van der Waals surface area contributed by atoms with Gasteiger partial charge >= 0.3 is 5.97 Å². The number of anilines is 3. The highest BCUT2D eigenvalue weighted by Crippen LogP contribution is 2.23. The first-order valence-electron chi connectivity index (χ1n) is 7.50. The number of carbonyl (C=O) groups is 2. The summed E-state index contributed by atoms with van der Waals surface area (Å²) in [5.74, 6) is -1.12. The van der Waals surface area contributed by atoms with Crippen molar-refractivity contribution < 1.29 is 14.3 Å². The second-order valence-corrected chi connectivity index (χ2v) is 6.55. The topological polar surface area (TPSA) is 146 Å². The molecule has 0 atom stereocenters. The van der Waals surface area contributed by atoms with Crippen molar-refractivity contribution in [2.24, 2.45) is 0 Å². The number of hydrogen-bond donors (Lipinski definition) is 3. The predicted molar refractivity (Wildman–Crippen MR) is 101 cm³/mol. The highest BCUT2D eigenvalue weighted by molar-refractivity contribution is 7.12. The van der Waals surface area contributed by atoms with Crippen LogP contribution < -0.4 is 16.8 Å². The summed E-state index contributed by atoms with van der Waals surface area (Å²) in [6, 6.07) is 7.84. The van der Waals surface area contributed by atoms with Gasteiger partial charge < -0.3 is 21.5 Å². The Bertz CT molecular complexity index is 976. The van der Waals surface area contributed by atoms with E-state index in [1.807, 2.05) is 0 Å². The number of nitrogens with one attached hydrogen (secondary N) is 1. The predicted octanol–water partition coefficient (Wildman–Crippen LogP) is 2.36. The van der Waals surface area contributed by atoms with Gasteiger partial charge in [0.2, 0.25) is 11.9 Å². The lowest BCUT2D eigenvalue weighted by Gasteiger charge is -2.11. The third kappa shape index (κ3) is 4.68. The van der Waals surface area contributed by atoms with E-state index >= 15 is 0 Å². The number of thiophene rings is 1. The molecule has 0 saturated carbocycles. The van der Waals surface area contributed by atoms with E-state index in [1.165, 1.54) is 29.5 Å². The SMILES string of the molecule is Nc1nc(N)nc(COC(=O)c2ccc(Cl)cc2NC(=O)c2cccs2)n1. The molecule has 2 aromatic heterocycles. The number of halogens is 1. The van der Waals surface area contributed by atoms with Crippen molar-refractivity contribution in [1.29, 1.82) is 0 Å². The lowest BCUT2D eigenvalue weighted by molar-refractivity contribution is 0.0463. The number of nitrogens with two attached hydrogens (primary N) is 2. The number of nitrogens with zero attached hydrogens (tertiary/aromatic N) is 3. The lowest BCUT2D eigenvalue weighted by atomic mass is 10.1. The molecule has 1 amide bonds. The molecule has 5 N–H and O–H groups in total. The van der Waals surface area contributed by atoms with Crippen molar-refractivity contribution in [1.82, 2.24) is 15.0 Å². The van der Waals surface area contributed by atoms with Crippen LogP contribution in [0.5, 0.6) is 0 Å². The van der Waals surface area contributed by atoms with E-state index in [1.54, 1.807) is 17.5 Å². The van der Waals surface area contributed by atoms with Gasteiger partial charge in [0.1, 0.15) is 0 Å². The second kappa shape index (κ2) is 7.98. The molecular weight excluding hydrogens is 392 g/mol. The zero-order valence-corrected chi connectivity index (χ0v) is 15.3. The Balaban J connectivity index is 1.76. The number of benzene rings is 1. The number of hydrogen-bond acceptors (Lipinski definition) is 9. The minimum Gasteiger partial charge on any atom is -0.454 e. The zero-order valence-electron chi connectivity index (χ0n) is 13.7. The highest BCUT2D eigenvalue weighted by atomic mass is 35.5. The van der Waals surface area contributed by atoms with Crippen LogP contribution in [0.3, 0.4) is 0 Å². The Labute approximate surface area is 162 Å². The smallest absolute Gasteiger partial charge is 0.340 e. The number of rotatable bonds is 5. The van der Waals surface area contributed by atoms with Gasteiger partial charge in [0.05, 0.1) is 16.1 Å². The summed E-state index contributed by atoms with van der Waals surface area (Å²) in [7, 11) is 0. The lowest BCUT2D eigenvalue weighted by Crippen LogP contribution is -2.16. The summed E-state index contributed by atoms with van der Waals surface area (Å²) >= 11 is 7.25. The van der Waals surface area contributed by atoms with Crippen LogP contribution in [0, 0.1) is 0 Å². The molecule has 9 nitrogen and oxygen atoms in total. The number of amides is 1. The summed E-state index contributed by atoms with van der Waals surface area (Å²) < 4.78 is 5.18. The van der Waals surface area contributed by atoms with Gasteiger partial charge in [0.25, 0.3) is 5.91 Å². The summed E-state index contributed by atoms with van der Waals surface area (Å²) in [5.41, 5.74) is 11.3. The van der Waals surface area contributed by atoms with Crippen LogP contribution in [-0.2, 0) is 11.3 Å². The van der Waals surface area contributed by atoms with E-state index in [0.717, 1.165) is 0 Å². The monoisotopic (exact) mass is 404 g/mol. The molecule has 0 bridgehead atoms. The van der Waals surface area contributed by atoms with E-state index in [-0.39, 0.29) is 41.5 Å². The summed E-state index contributed by atoms with van der Waals surface area (Å²) in [5, 5.41) is 4.78. The molecule has 0 aliphatic rings. The fraction of sp³-hybridized carbons (Fsp3) is 0.0625. The van der Waals surface area contributed by atoms with Crippen molar-refractivity contribution in [3.05, 3.63) is 57.0 Å². The molecule has 0 fully saturated rings. The third-order valence-electron chi connectivity index (χ3n) is 3.24. The van der Waals surface area contributed by atoms with Gasteiger partial charge in [-0.15, -0.1) is 11.3 Å². The molecule has 27 heavy (non-hydrogen) atoms. The summed E-state index contributed by atoms with van der Waals surface area (Å²) in [6.07, 6.45) is 0. The Kier molecular flexibility index (Phi) is 5.48. The van der Waals surface area contributed by atoms with Crippen molar-refractivity contribution in [2.75, 3.05) is 16.8 Å². The second-order valence-electron chi connectivity index (χ2n) is 5.17. The number of carbonyl (C=O) groups excluding carboxylic acids is 2. The Morgan fingerprint density at radius 2 is 1.89 bits per heavy atom. The van der Waals surface area contributed by atoms with Crippen LogP contribution in [-0.4, -0.2) is 26.8 Å². The normalized spacial score (nSPS) is 10.4. The van der Waals surface area contributed by atoms with Gasteiger partial charge in [0, 0.05) is 5.02 Å². The molecule has 2 heterocycles. The summed E-state index contributed by atoms with van der Waals surface area (Å²) in [4.78, 5) is 36.5. The van der Waals surface area contributed by atoms with Crippen LogP contribution >= 0.6 is 22.9 Å². The number of nitrogen functional groups attached to an aromatic ring is 2. The Morgan fingerprint density at radius 1 is 1.15 bits per heavy atom. The van der Waals surface area contributed by atoms with Crippen molar-refractivity contribution in [2.45, 2.75) is 6.61 Å². The van der Waals surface area contributed by atoms with Crippen LogP contribution in [0.1, 0.15) is 25.9 Å². The number of aromatic nitrogens is 3. The maximum absolute atomic E-state index is 12.4. The average molecular weight is 405 g/mol. The van der Waals surface area contributed by atoms with Gasteiger partial charge in [0.15, 0.2) is 12.4 Å². The first-order valence-corrected chi connectivity index (χ1v) is 8.75. The molecular formula is C16H13ClN6O3S. The molecule has 0 unspecified atom stereocenters. The van der Waals surface area contributed by atoms with E-state index < -0.39 is 5.97 Å². The van der Waals surface area contributed by atoms with Crippen LogP contribution in [0.2, 0.25) is 5.02 Å². The highest BCUT2D eigenvalue weighted by Gasteiger charge is 2.17. The maximum atomic E-state index is 12.4. The first-order chi connectivity index (χ1) is 12.9. The Morgan fingerprint density at radius 3 is 2.56 bits per heavy atom. The standard InChI is InChI=1S/C16H13ClN6O3S/c17-8-3-4-9(10(6-8)20-13(24)11-2-1-5-27-11)14(25)26-7-12-21-15(18)23-16(19)22-12/h1-6H,7H2,(H,20,24)(H4,18,19,21,22,23). The van der Waals surface area contributed by atoms with Crippen LogP contribution in [0.4, 0.5) is 17.6 Å². The van der Waals surface area contributed by atoms with E-state index in [0.29, 0.717) is 9.90 Å². The van der Waals surface area contributed by atoms with Gasteiger partial charge in [-0.1, -0.05) is 17.7 Å². The molecule has 138 valence electrons. The molecule has 3 aromatic rings. The van der Waals surface area contributed by atoms with E-state index in [9.17, 15) is 9.59 Å². The van der Waals surface area contributed by atoms with Gasteiger partial charge in [-0.25, -0.2) is 4.79 Å². The first kappa shape index (κ1) is 18.5. The maximum Gasteiger partial charge on any atom is 0.340 e. The molecule has 0 radical (unpaired) electrons. The molecule has 0 aliphatic heterocycles. The minimum absolute atomic E-state index is 0.0797. The van der Waals surface area contributed by atoms with Crippen molar-refractivity contribution in [3.8, 4) is 0 Å². The number of esters is 1. The van der Waals surface area contributed by atoms with Crippen LogP contribution in [0.25, 0.3) is 0 Å². The fourth-order valence-electron chi connectivity index (χ4n) is 2.12. The molecule has 11 heteroatoms. The average Bonchev–Trinajstić information content (AvgIpc) is 3.14. The molecule has 0 aliphatic carbocycles. The molecule has 0 spiro atoms. The van der Waals surface area contributed by atoms with Gasteiger partial charge in [-0.2, -0.15) is 15.0 Å². The van der Waals surface area contributed by atoms with Crippen LogP contribution in [0.15, 0.2) is 35.7 Å². The van der Waals surface area contributed by atoms with E-state index in [2.05, 4.69) is 20.3 Å². The fourth-order valence-corrected chi connectivity index (χ4v) is 2.91. The Hall–Kier alpha value is -3.24. The van der Waals surface area contributed by atoms with Crippen molar-refractivity contribution >= 4 is 52.4 Å².